The highest BCUT2D eigenvalue weighted by Gasteiger charge is 2.22. The summed E-state index contributed by atoms with van der Waals surface area (Å²) in [4.78, 5) is 11.4. The summed E-state index contributed by atoms with van der Waals surface area (Å²) in [7, 11) is -2.94. The van der Waals surface area contributed by atoms with Gasteiger partial charge in [-0.1, -0.05) is 12.1 Å². The minimum Gasteiger partial charge on any atom is -0.465 e. The van der Waals surface area contributed by atoms with Gasteiger partial charge in [0.05, 0.1) is 12.7 Å². The Bertz CT molecular complexity index is 822. The molecule has 0 radical (unpaired) electrons. The number of ether oxygens (including phenoxy) is 2. The molecule has 0 atom stereocenters. The quantitative estimate of drug-likeness (QED) is 0.804. The van der Waals surface area contributed by atoms with Gasteiger partial charge < -0.3 is 9.47 Å². The van der Waals surface area contributed by atoms with Crippen LogP contribution in [-0.4, -0.2) is 28.1 Å². The minimum atomic E-state index is -4.07. The standard InChI is InChI=1S/C15H13F2NO5S/c1-22-14(19)12-4-2-3-5-13(12)24(20,21)18-10-6-8-11(9-7-10)23-15(16)17/h2-9,15,18H,1H3. The van der Waals surface area contributed by atoms with E-state index < -0.39 is 22.6 Å². The topological polar surface area (TPSA) is 81.7 Å². The van der Waals surface area contributed by atoms with E-state index in [1.165, 1.54) is 48.5 Å². The van der Waals surface area contributed by atoms with Crippen molar-refractivity contribution in [1.29, 1.82) is 0 Å². The summed E-state index contributed by atoms with van der Waals surface area (Å²) < 4.78 is 60.0. The normalized spacial score (nSPS) is 11.2. The van der Waals surface area contributed by atoms with Crippen molar-refractivity contribution in [2.24, 2.45) is 0 Å². The van der Waals surface area contributed by atoms with Crippen molar-refractivity contribution in [3.05, 3.63) is 54.1 Å². The lowest BCUT2D eigenvalue weighted by molar-refractivity contribution is -0.0498. The lowest BCUT2D eigenvalue weighted by atomic mass is 10.2. The fourth-order valence-corrected chi connectivity index (χ4v) is 3.15. The number of hydrogen-bond donors (Lipinski definition) is 1. The molecule has 0 amide bonds. The van der Waals surface area contributed by atoms with Crippen molar-refractivity contribution in [2.75, 3.05) is 11.8 Å². The molecule has 0 saturated heterocycles. The Morgan fingerprint density at radius 2 is 1.71 bits per heavy atom. The van der Waals surface area contributed by atoms with E-state index in [-0.39, 0.29) is 21.9 Å². The molecule has 0 saturated carbocycles. The number of benzene rings is 2. The van der Waals surface area contributed by atoms with Gasteiger partial charge in [0.1, 0.15) is 10.6 Å². The van der Waals surface area contributed by atoms with Crippen molar-refractivity contribution in [2.45, 2.75) is 11.5 Å². The molecular formula is C15H13F2NO5S. The Hall–Kier alpha value is -2.68. The van der Waals surface area contributed by atoms with E-state index in [0.717, 1.165) is 7.11 Å². The van der Waals surface area contributed by atoms with E-state index in [4.69, 9.17) is 0 Å². The zero-order valence-electron chi connectivity index (χ0n) is 12.4. The third-order valence-corrected chi connectivity index (χ3v) is 4.35. The Labute approximate surface area is 137 Å². The van der Waals surface area contributed by atoms with Gasteiger partial charge in [0.2, 0.25) is 0 Å². The number of carbonyl (C=O) groups excluding carboxylic acids is 1. The number of nitrogens with one attached hydrogen (secondary N) is 1. The molecule has 1 N–H and O–H groups in total. The lowest BCUT2D eigenvalue weighted by Crippen LogP contribution is -2.17. The number of sulfonamides is 1. The molecule has 24 heavy (non-hydrogen) atoms. The second-order valence-corrected chi connectivity index (χ2v) is 6.15. The number of esters is 1. The third kappa shape index (κ3) is 4.19. The van der Waals surface area contributed by atoms with Gasteiger partial charge in [-0.05, 0) is 36.4 Å². The van der Waals surface area contributed by atoms with Gasteiger partial charge in [-0.3, -0.25) is 4.72 Å². The molecule has 9 heteroatoms. The van der Waals surface area contributed by atoms with Crippen LogP contribution in [0, 0.1) is 0 Å². The fourth-order valence-electron chi connectivity index (χ4n) is 1.89. The lowest BCUT2D eigenvalue weighted by Gasteiger charge is -2.11. The monoisotopic (exact) mass is 357 g/mol. The van der Waals surface area contributed by atoms with Crippen LogP contribution in [0.3, 0.4) is 0 Å². The number of alkyl halides is 2. The van der Waals surface area contributed by atoms with Gasteiger partial charge in [0, 0.05) is 5.69 Å². The maximum absolute atomic E-state index is 12.4. The van der Waals surface area contributed by atoms with Crippen molar-refractivity contribution in [1.82, 2.24) is 0 Å². The number of methoxy groups -OCH3 is 1. The highest BCUT2D eigenvalue weighted by molar-refractivity contribution is 7.92. The van der Waals surface area contributed by atoms with E-state index in [9.17, 15) is 22.0 Å². The number of carbonyl (C=O) groups is 1. The third-order valence-electron chi connectivity index (χ3n) is 2.91. The van der Waals surface area contributed by atoms with Crippen molar-refractivity contribution in [3.63, 3.8) is 0 Å². The fraction of sp³-hybridized carbons (Fsp3) is 0.133. The smallest absolute Gasteiger partial charge is 0.387 e. The Kier molecular flexibility index (Phi) is 5.35. The largest absolute Gasteiger partial charge is 0.465 e. The van der Waals surface area contributed by atoms with Crippen LogP contribution in [0.5, 0.6) is 5.75 Å². The van der Waals surface area contributed by atoms with Crippen LogP contribution in [0.25, 0.3) is 0 Å². The predicted molar refractivity (Wildman–Crippen MR) is 81.7 cm³/mol. The van der Waals surface area contributed by atoms with E-state index >= 15 is 0 Å². The maximum atomic E-state index is 12.4. The SMILES string of the molecule is COC(=O)c1ccccc1S(=O)(=O)Nc1ccc(OC(F)F)cc1. The molecular weight excluding hydrogens is 344 g/mol. The van der Waals surface area contributed by atoms with E-state index in [0.29, 0.717) is 0 Å². The molecule has 0 aliphatic rings. The van der Waals surface area contributed by atoms with Crippen LogP contribution in [0.2, 0.25) is 0 Å². The maximum Gasteiger partial charge on any atom is 0.387 e. The molecule has 0 heterocycles. The molecule has 2 rings (SSSR count). The Balaban J connectivity index is 2.28. The van der Waals surface area contributed by atoms with Gasteiger partial charge in [0.15, 0.2) is 0 Å². The summed E-state index contributed by atoms with van der Waals surface area (Å²) in [5.74, 6) is -0.903. The number of anilines is 1. The first-order valence-electron chi connectivity index (χ1n) is 6.58. The molecule has 0 aliphatic heterocycles. The van der Waals surface area contributed by atoms with Crippen molar-refractivity contribution >= 4 is 21.7 Å². The summed E-state index contributed by atoms with van der Waals surface area (Å²) in [6, 6.07) is 10.4. The summed E-state index contributed by atoms with van der Waals surface area (Å²) >= 11 is 0. The summed E-state index contributed by atoms with van der Waals surface area (Å²) in [6.07, 6.45) is 0. The average molecular weight is 357 g/mol. The first kappa shape index (κ1) is 17.7. The first-order chi connectivity index (χ1) is 11.3. The molecule has 2 aromatic rings. The van der Waals surface area contributed by atoms with Crippen LogP contribution < -0.4 is 9.46 Å². The van der Waals surface area contributed by atoms with Crippen LogP contribution in [0.4, 0.5) is 14.5 Å². The molecule has 0 aromatic heterocycles. The first-order valence-corrected chi connectivity index (χ1v) is 8.07. The predicted octanol–water partition coefficient (Wildman–Crippen LogP) is 2.88. The molecule has 0 aliphatic carbocycles. The minimum absolute atomic E-state index is 0.108. The molecule has 128 valence electrons. The second-order valence-electron chi connectivity index (χ2n) is 4.50. The van der Waals surface area contributed by atoms with E-state index in [2.05, 4.69) is 14.2 Å². The molecule has 0 fully saturated rings. The van der Waals surface area contributed by atoms with Crippen molar-refractivity contribution < 1.29 is 31.5 Å². The number of hydrogen-bond acceptors (Lipinski definition) is 5. The highest BCUT2D eigenvalue weighted by atomic mass is 32.2. The summed E-state index contributed by atoms with van der Waals surface area (Å²) in [5, 5.41) is 0. The molecule has 2 aromatic carbocycles. The highest BCUT2D eigenvalue weighted by Crippen LogP contribution is 2.22. The van der Waals surface area contributed by atoms with Crippen LogP contribution >= 0.6 is 0 Å². The van der Waals surface area contributed by atoms with Crippen molar-refractivity contribution in [3.8, 4) is 5.75 Å². The zero-order valence-corrected chi connectivity index (χ0v) is 13.2. The van der Waals surface area contributed by atoms with Gasteiger partial charge in [-0.25, -0.2) is 13.2 Å². The number of halogens is 2. The molecule has 0 bridgehead atoms. The van der Waals surface area contributed by atoms with Crippen LogP contribution in [-0.2, 0) is 14.8 Å². The van der Waals surface area contributed by atoms with E-state index in [1.807, 2.05) is 0 Å². The molecule has 0 unspecified atom stereocenters. The van der Waals surface area contributed by atoms with Gasteiger partial charge >= 0.3 is 12.6 Å². The van der Waals surface area contributed by atoms with Crippen LogP contribution in [0.1, 0.15) is 10.4 Å². The average Bonchev–Trinajstić information content (AvgIpc) is 2.55. The second kappa shape index (κ2) is 7.26. The van der Waals surface area contributed by atoms with Gasteiger partial charge in [0.25, 0.3) is 10.0 Å². The van der Waals surface area contributed by atoms with Gasteiger partial charge in [-0.15, -0.1) is 0 Å². The van der Waals surface area contributed by atoms with E-state index in [1.54, 1.807) is 0 Å². The zero-order chi connectivity index (χ0) is 17.7. The molecule has 0 spiro atoms. The van der Waals surface area contributed by atoms with Crippen LogP contribution in [0.15, 0.2) is 53.4 Å². The summed E-state index contributed by atoms with van der Waals surface area (Å²) in [6.45, 7) is -2.97. The molecule has 6 nitrogen and oxygen atoms in total. The Morgan fingerprint density at radius 1 is 1.08 bits per heavy atom. The number of rotatable bonds is 6. The van der Waals surface area contributed by atoms with Gasteiger partial charge in [-0.2, -0.15) is 8.78 Å². The Morgan fingerprint density at radius 3 is 2.29 bits per heavy atom. The summed E-state index contributed by atoms with van der Waals surface area (Å²) in [5.41, 5.74) is 0.00133.